The molecule has 7 N–H and O–H groups in total. The van der Waals surface area contributed by atoms with Crippen molar-refractivity contribution >= 4 is 5.78 Å². The molecule has 0 aromatic heterocycles. The summed E-state index contributed by atoms with van der Waals surface area (Å²) in [4.78, 5) is 13.3. The lowest BCUT2D eigenvalue weighted by molar-refractivity contribution is -0.121. The number of rotatable bonds is 14. The Kier molecular flexibility index (Phi) is 11.4. The van der Waals surface area contributed by atoms with Crippen LogP contribution in [-0.4, -0.2) is 44.2 Å². The van der Waals surface area contributed by atoms with Gasteiger partial charge >= 0.3 is 0 Å². The molecule has 2 aliphatic rings. The van der Waals surface area contributed by atoms with Gasteiger partial charge in [0.25, 0.3) is 0 Å². The molecule has 6 rings (SSSR count). The average molecular weight is 696 g/mol. The molecule has 0 heterocycles. The summed E-state index contributed by atoms with van der Waals surface area (Å²) >= 11 is 0. The summed E-state index contributed by atoms with van der Waals surface area (Å²) in [5, 5.41) is 53.8. The highest BCUT2D eigenvalue weighted by Crippen LogP contribution is 2.58. The van der Waals surface area contributed by atoms with Gasteiger partial charge in [0, 0.05) is 18.4 Å². The Bertz CT molecular complexity index is 1800. The van der Waals surface area contributed by atoms with Crippen LogP contribution in [0.25, 0.3) is 0 Å². The van der Waals surface area contributed by atoms with E-state index in [1.165, 1.54) is 18.1 Å². The Hall–Kier alpha value is -4.73. The van der Waals surface area contributed by atoms with Gasteiger partial charge in [-0.2, -0.15) is 0 Å². The number of aliphatic hydroxyl groups excluding tert-OH is 1. The minimum absolute atomic E-state index is 0.0215. The van der Waals surface area contributed by atoms with Crippen molar-refractivity contribution in [1.82, 2.24) is 0 Å². The third kappa shape index (κ3) is 8.10. The van der Waals surface area contributed by atoms with E-state index in [0.717, 1.165) is 48.8 Å². The summed E-state index contributed by atoms with van der Waals surface area (Å²) in [6.45, 7) is -0.000521. The van der Waals surface area contributed by atoms with E-state index in [-0.39, 0.29) is 83.7 Å². The topological polar surface area (TPSA) is 163 Å². The number of hydrogen-bond donors (Lipinski definition) is 6. The number of ether oxygens (including phenoxy) is 2. The second-order valence-electron chi connectivity index (χ2n) is 14.2. The molecule has 1 fully saturated rings. The number of ketones is 1. The molecule has 9 heteroatoms. The summed E-state index contributed by atoms with van der Waals surface area (Å²) in [5.41, 5.74) is 9.76. The van der Waals surface area contributed by atoms with Gasteiger partial charge in [0.15, 0.2) is 23.0 Å². The zero-order chi connectivity index (χ0) is 36.0. The first-order valence-electron chi connectivity index (χ1n) is 18.1. The van der Waals surface area contributed by atoms with Crippen molar-refractivity contribution in [1.29, 1.82) is 0 Å². The minimum atomic E-state index is -0.934. The van der Waals surface area contributed by atoms with E-state index in [1.807, 2.05) is 12.1 Å². The molecule has 2 aliphatic carbocycles. The second-order valence-corrected chi connectivity index (χ2v) is 14.2. The Labute approximate surface area is 299 Å². The third-order valence-corrected chi connectivity index (χ3v) is 11.0. The molecule has 0 unspecified atom stereocenters. The SMILES string of the molecule is NCOc1cc(CCC(=O)C[C@H](O)C[C@H]2c3cc(O)c(O)c(OCc4cccc(O)c4)c3CC[C@H]2C2(c3ccccc3)CCCCC2)ccc1O. The van der Waals surface area contributed by atoms with Crippen LogP contribution in [0.2, 0.25) is 0 Å². The van der Waals surface area contributed by atoms with Gasteiger partial charge in [-0.05, 0) is 108 Å². The summed E-state index contributed by atoms with van der Waals surface area (Å²) in [7, 11) is 0. The lowest BCUT2D eigenvalue weighted by Gasteiger charge is -2.50. The van der Waals surface area contributed by atoms with Crippen molar-refractivity contribution in [3.63, 3.8) is 0 Å². The molecular formula is C42H49NO8. The van der Waals surface area contributed by atoms with E-state index in [9.17, 15) is 30.3 Å². The van der Waals surface area contributed by atoms with E-state index < -0.39 is 6.10 Å². The second kappa shape index (κ2) is 16.1. The van der Waals surface area contributed by atoms with Crippen LogP contribution in [0, 0.1) is 5.92 Å². The number of aryl methyl sites for hydroxylation is 1. The standard InChI is InChI=1S/C42H49NO8/c43-26-51-39-21-27(13-17-37(39)47)12-14-31(45)22-32(46)23-35-34-24-38(48)40(49)41(50-25-28-8-7-11-30(44)20-28)33(34)15-16-36(35)42(18-5-2-6-19-42)29-9-3-1-4-10-29/h1,3-4,7-11,13,17,20-21,24,32,35-36,44,46-49H,2,5-6,12,14-16,18-19,22-23,25-26,43H2/t32-,35-,36+/m0/s1. The first kappa shape index (κ1) is 36.1. The summed E-state index contributed by atoms with van der Waals surface area (Å²) in [5.74, 6) is -0.250. The fourth-order valence-corrected chi connectivity index (χ4v) is 8.68. The van der Waals surface area contributed by atoms with Crippen LogP contribution < -0.4 is 15.2 Å². The van der Waals surface area contributed by atoms with E-state index in [4.69, 9.17) is 15.2 Å². The van der Waals surface area contributed by atoms with E-state index >= 15 is 0 Å². The number of hydrogen-bond acceptors (Lipinski definition) is 9. The monoisotopic (exact) mass is 695 g/mol. The van der Waals surface area contributed by atoms with Gasteiger partial charge in [-0.3, -0.25) is 10.5 Å². The zero-order valence-electron chi connectivity index (χ0n) is 29.0. The van der Waals surface area contributed by atoms with Crippen LogP contribution in [-0.2, 0) is 29.7 Å². The van der Waals surface area contributed by atoms with Crippen molar-refractivity contribution in [3.8, 4) is 34.5 Å². The molecule has 51 heavy (non-hydrogen) atoms. The first-order valence-corrected chi connectivity index (χ1v) is 18.1. The number of phenolic OH excluding ortho intramolecular Hbond substituents is 4. The number of Topliss-reactive ketones (excluding diaryl/α,β-unsaturated/α-hetero) is 1. The normalized spacial score (nSPS) is 18.8. The molecule has 270 valence electrons. The highest BCUT2D eigenvalue weighted by Gasteiger charge is 2.48. The van der Waals surface area contributed by atoms with E-state index in [0.29, 0.717) is 24.8 Å². The molecule has 4 aromatic carbocycles. The fourth-order valence-electron chi connectivity index (χ4n) is 8.68. The van der Waals surface area contributed by atoms with Crippen molar-refractivity contribution in [3.05, 3.63) is 107 Å². The highest BCUT2D eigenvalue weighted by atomic mass is 16.5. The fraction of sp³-hybridized carbons (Fsp3) is 0.405. The quantitative estimate of drug-likeness (QED) is 0.0588. The molecule has 9 nitrogen and oxygen atoms in total. The highest BCUT2D eigenvalue weighted by molar-refractivity contribution is 5.79. The van der Waals surface area contributed by atoms with Crippen LogP contribution in [0.1, 0.15) is 91.5 Å². The minimum Gasteiger partial charge on any atom is -0.508 e. The van der Waals surface area contributed by atoms with Gasteiger partial charge < -0.3 is 35.0 Å². The molecule has 0 amide bonds. The molecule has 0 saturated heterocycles. The number of aromatic hydroxyl groups is 4. The molecular weight excluding hydrogens is 646 g/mol. The van der Waals surface area contributed by atoms with Gasteiger partial charge in [0.05, 0.1) is 6.10 Å². The van der Waals surface area contributed by atoms with Crippen LogP contribution in [0.4, 0.5) is 0 Å². The van der Waals surface area contributed by atoms with Gasteiger partial charge in [0.1, 0.15) is 24.9 Å². The number of carbonyl (C=O) groups excluding carboxylic acids is 1. The van der Waals surface area contributed by atoms with Crippen LogP contribution >= 0.6 is 0 Å². The van der Waals surface area contributed by atoms with Crippen molar-refractivity contribution in [2.24, 2.45) is 11.7 Å². The molecule has 0 bridgehead atoms. The number of aliphatic hydroxyl groups is 1. The molecule has 3 atom stereocenters. The van der Waals surface area contributed by atoms with Gasteiger partial charge in [-0.15, -0.1) is 0 Å². The number of phenols is 4. The first-order chi connectivity index (χ1) is 24.7. The summed E-state index contributed by atoms with van der Waals surface area (Å²) in [6.07, 6.45) is 6.77. The predicted octanol–water partition coefficient (Wildman–Crippen LogP) is 7.27. The summed E-state index contributed by atoms with van der Waals surface area (Å²) in [6, 6.07) is 23.9. The van der Waals surface area contributed by atoms with Crippen LogP contribution in [0.15, 0.2) is 78.9 Å². The van der Waals surface area contributed by atoms with Crippen LogP contribution in [0.3, 0.4) is 0 Å². The lowest BCUT2D eigenvalue weighted by Crippen LogP contribution is -2.43. The molecule has 0 aliphatic heterocycles. The van der Waals surface area contributed by atoms with E-state index in [1.54, 1.807) is 36.4 Å². The maximum atomic E-state index is 13.3. The molecule has 4 aromatic rings. The van der Waals surface area contributed by atoms with Crippen molar-refractivity contribution in [2.75, 3.05) is 6.73 Å². The Morgan fingerprint density at radius 3 is 2.39 bits per heavy atom. The largest absolute Gasteiger partial charge is 0.508 e. The van der Waals surface area contributed by atoms with Crippen molar-refractivity contribution < 1.29 is 39.8 Å². The summed E-state index contributed by atoms with van der Waals surface area (Å²) < 4.78 is 11.5. The smallest absolute Gasteiger partial charge is 0.200 e. The Morgan fingerprint density at radius 1 is 0.863 bits per heavy atom. The Morgan fingerprint density at radius 2 is 1.65 bits per heavy atom. The number of nitrogens with two attached hydrogens (primary N) is 1. The zero-order valence-corrected chi connectivity index (χ0v) is 29.0. The van der Waals surface area contributed by atoms with Crippen molar-refractivity contribution in [2.45, 2.75) is 94.7 Å². The average Bonchev–Trinajstić information content (AvgIpc) is 3.13. The number of benzene rings is 4. The maximum Gasteiger partial charge on any atom is 0.200 e. The van der Waals surface area contributed by atoms with Gasteiger partial charge in [-0.1, -0.05) is 67.8 Å². The lowest BCUT2D eigenvalue weighted by atomic mass is 9.54. The Balaban J connectivity index is 1.29. The van der Waals surface area contributed by atoms with Crippen LogP contribution in [0.5, 0.6) is 34.5 Å². The molecule has 0 radical (unpaired) electrons. The number of fused-ring (bicyclic) bond motifs is 1. The van der Waals surface area contributed by atoms with E-state index in [2.05, 4.69) is 24.3 Å². The predicted molar refractivity (Wildman–Crippen MR) is 194 cm³/mol. The van der Waals surface area contributed by atoms with Gasteiger partial charge in [-0.25, -0.2) is 0 Å². The van der Waals surface area contributed by atoms with Gasteiger partial charge in [0.2, 0.25) is 5.75 Å². The molecule has 1 saturated carbocycles. The molecule has 0 spiro atoms. The maximum absolute atomic E-state index is 13.3. The third-order valence-electron chi connectivity index (χ3n) is 11.0. The number of carbonyl (C=O) groups is 1.